The number of hydrogen-bond acceptors (Lipinski definition) is 0. The Hall–Kier alpha value is -0.260. The third-order valence-corrected chi connectivity index (χ3v) is 9.50. The Morgan fingerprint density at radius 3 is 1.25 bits per heavy atom. The highest BCUT2D eigenvalue weighted by molar-refractivity contribution is 5.28. The zero-order chi connectivity index (χ0) is 16.6. The molecule has 1 rings (SSSR count). The minimum Gasteiger partial charge on any atom is -0.0996 e. The SMILES string of the molecule is C=C(C)C(C)(C)C(C)(C)C1(C)C(C)(C)C(C)(C)C1(C)C. The maximum absolute atomic E-state index is 4.30. The van der Waals surface area contributed by atoms with Gasteiger partial charge in [-0.1, -0.05) is 88.3 Å². The molecule has 0 aromatic rings. The van der Waals surface area contributed by atoms with E-state index in [-0.39, 0.29) is 16.2 Å². The highest BCUT2D eigenvalue weighted by Gasteiger charge is 2.78. The van der Waals surface area contributed by atoms with Crippen LogP contribution in [0.2, 0.25) is 0 Å². The Kier molecular flexibility index (Phi) is 3.50. The molecular formula is C20H38. The van der Waals surface area contributed by atoms with Gasteiger partial charge in [0.1, 0.15) is 0 Å². The van der Waals surface area contributed by atoms with Gasteiger partial charge in [0.25, 0.3) is 0 Å². The van der Waals surface area contributed by atoms with Crippen LogP contribution in [0.4, 0.5) is 0 Å². The van der Waals surface area contributed by atoms with E-state index in [9.17, 15) is 0 Å². The average Bonchev–Trinajstić information content (AvgIpc) is 2.25. The summed E-state index contributed by atoms with van der Waals surface area (Å²) in [6.07, 6.45) is 0. The molecule has 0 nitrogen and oxygen atoms in total. The third-order valence-electron chi connectivity index (χ3n) is 9.50. The first-order chi connectivity index (χ1) is 8.44. The molecule has 1 fully saturated rings. The number of rotatable bonds is 3. The predicted octanol–water partition coefficient (Wildman–Crippen LogP) is 6.71. The summed E-state index contributed by atoms with van der Waals surface area (Å²) in [4.78, 5) is 0. The van der Waals surface area contributed by atoms with E-state index in [4.69, 9.17) is 0 Å². The van der Waals surface area contributed by atoms with Crippen molar-refractivity contribution in [3.63, 3.8) is 0 Å². The Morgan fingerprint density at radius 1 is 0.700 bits per heavy atom. The quantitative estimate of drug-likeness (QED) is 0.503. The number of hydrogen-bond donors (Lipinski definition) is 0. The maximum atomic E-state index is 4.30. The van der Waals surface area contributed by atoms with Gasteiger partial charge in [0, 0.05) is 0 Å². The number of allylic oxidation sites excluding steroid dienone is 1. The molecule has 1 aliphatic carbocycles. The lowest BCUT2D eigenvalue weighted by Gasteiger charge is -2.83. The molecule has 0 unspecified atom stereocenters. The van der Waals surface area contributed by atoms with Crippen molar-refractivity contribution in [1.82, 2.24) is 0 Å². The smallest absolute Gasteiger partial charge is 0.00934 e. The predicted molar refractivity (Wildman–Crippen MR) is 91.8 cm³/mol. The monoisotopic (exact) mass is 278 g/mol. The lowest BCUT2D eigenvalue weighted by Crippen LogP contribution is -2.77. The van der Waals surface area contributed by atoms with Crippen LogP contribution < -0.4 is 0 Å². The van der Waals surface area contributed by atoms with Gasteiger partial charge in [-0.05, 0) is 39.4 Å². The molecule has 0 aromatic carbocycles. The molecule has 0 saturated heterocycles. The molecule has 0 N–H and O–H groups in total. The lowest BCUT2D eigenvalue weighted by molar-refractivity contribution is -0.350. The van der Waals surface area contributed by atoms with Crippen LogP contribution in [0.3, 0.4) is 0 Å². The molecule has 0 atom stereocenters. The summed E-state index contributed by atoms with van der Waals surface area (Å²) in [7, 11) is 0. The van der Waals surface area contributed by atoms with Gasteiger partial charge in [0.2, 0.25) is 0 Å². The average molecular weight is 279 g/mol. The zero-order valence-electron chi connectivity index (χ0n) is 16.2. The van der Waals surface area contributed by atoms with Gasteiger partial charge >= 0.3 is 0 Å². The van der Waals surface area contributed by atoms with Crippen LogP contribution in [0, 0.1) is 32.5 Å². The molecule has 1 saturated carbocycles. The first kappa shape index (κ1) is 17.8. The van der Waals surface area contributed by atoms with Gasteiger partial charge in [-0.25, -0.2) is 0 Å². The molecule has 0 heterocycles. The minimum absolute atomic E-state index is 0.118. The van der Waals surface area contributed by atoms with Crippen LogP contribution in [0.5, 0.6) is 0 Å². The molecule has 0 bridgehead atoms. The minimum atomic E-state index is 0.118. The van der Waals surface area contributed by atoms with Gasteiger partial charge in [0.15, 0.2) is 0 Å². The van der Waals surface area contributed by atoms with Crippen molar-refractivity contribution in [1.29, 1.82) is 0 Å². The summed E-state index contributed by atoms with van der Waals surface area (Å²) < 4.78 is 0. The van der Waals surface area contributed by atoms with Crippen molar-refractivity contribution in [3.05, 3.63) is 12.2 Å². The molecular weight excluding hydrogens is 240 g/mol. The topological polar surface area (TPSA) is 0 Å². The molecule has 118 valence electrons. The second-order valence-electron chi connectivity index (χ2n) is 10.0. The van der Waals surface area contributed by atoms with E-state index in [1.165, 1.54) is 5.57 Å². The summed E-state index contributed by atoms with van der Waals surface area (Å²) in [5, 5.41) is 0. The van der Waals surface area contributed by atoms with E-state index in [1.807, 2.05) is 0 Å². The molecule has 0 heteroatoms. The first-order valence-electron chi connectivity index (χ1n) is 8.10. The highest BCUT2D eigenvalue weighted by Crippen LogP contribution is 2.84. The van der Waals surface area contributed by atoms with Gasteiger partial charge < -0.3 is 0 Å². The maximum Gasteiger partial charge on any atom is -0.00934 e. The van der Waals surface area contributed by atoms with Crippen molar-refractivity contribution >= 4 is 0 Å². The van der Waals surface area contributed by atoms with E-state index < -0.39 is 0 Å². The van der Waals surface area contributed by atoms with E-state index in [1.54, 1.807) is 0 Å². The van der Waals surface area contributed by atoms with E-state index in [0.29, 0.717) is 16.2 Å². The van der Waals surface area contributed by atoms with Gasteiger partial charge in [0.05, 0.1) is 0 Å². The summed E-state index contributed by atoms with van der Waals surface area (Å²) >= 11 is 0. The van der Waals surface area contributed by atoms with E-state index >= 15 is 0 Å². The van der Waals surface area contributed by atoms with Crippen LogP contribution in [0.1, 0.15) is 83.1 Å². The van der Waals surface area contributed by atoms with Crippen molar-refractivity contribution in [2.75, 3.05) is 0 Å². The van der Waals surface area contributed by atoms with Crippen molar-refractivity contribution < 1.29 is 0 Å². The first-order valence-corrected chi connectivity index (χ1v) is 8.10. The van der Waals surface area contributed by atoms with Crippen molar-refractivity contribution in [3.8, 4) is 0 Å². The Bertz CT molecular complexity index is 409. The zero-order valence-corrected chi connectivity index (χ0v) is 16.2. The van der Waals surface area contributed by atoms with Crippen molar-refractivity contribution in [2.45, 2.75) is 83.1 Å². The molecule has 0 amide bonds. The Morgan fingerprint density at radius 2 is 1.00 bits per heavy atom. The third kappa shape index (κ3) is 1.39. The second-order valence-corrected chi connectivity index (χ2v) is 10.0. The summed E-state index contributed by atoms with van der Waals surface area (Å²) in [5.41, 5.74) is 2.75. The summed E-state index contributed by atoms with van der Waals surface area (Å²) in [5.74, 6) is 0. The van der Waals surface area contributed by atoms with Gasteiger partial charge in [-0.15, -0.1) is 0 Å². The van der Waals surface area contributed by atoms with E-state index in [2.05, 4.69) is 89.7 Å². The largest absolute Gasteiger partial charge is 0.0996 e. The van der Waals surface area contributed by atoms with Gasteiger partial charge in [-0.3, -0.25) is 0 Å². The fourth-order valence-electron chi connectivity index (χ4n) is 5.47. The molecule has 1 aliphatic rings. The Labute approximate surface area is 128 Å². The van der Waals surface area contributed by atoms with Crippen molar-refractivity contribution in [2.24, 2.45) is 32.5 Å². The molecule has 20 heavy (non-hydrogen) atoms. The molecule has 0 spiro atoms. The van der Waals surface area contributed by atoms with Crippen LogP contribution in [0.25, 0.3) is 0 Å². The van der Waals surface area contributed by atoms with Gasteiger partial charge in [-0.2, -0.15) is 0 Å². The van der Waals surface area contributed by atoms with Crippen LogP contribution in [0.15, 0.2) is 12.2 Å². The molecule has 0 radical (unpaired) electrons. The highest BCUT2D eigenvalue weighted by atomic mass is 14.8. The fraction of sp³-hybridized carbons (Fsp3) is 0.900. The molecule has 0 aromatic heterocycles. The summed E-state index contributed by atoms with van der Waals surface area (Å²) in [6.45, 7) is 33.4. The second kappa shape index (κ2) is 3.93. The van der Waals surface area contributed by atoms with Crippen LogP contribution >= 0.6 is 0 Å². The van der Waals surface area contributed by atoms with Crippen LogP contribution in [-0.2, 0) is 0 Å². The Balaban J connectivity index is 3.56. The lowest BCUT2D eigenvalue weighted by atomic mass is 9.21. The fourth-order valence-corrected chi connectivity index (χ4v) is 5.47. The molecule has 0 aliphatic heterocycles. The summed E-state index contributed by atoms with van der Waals surface area (Å²) in [6, 6.07) is 0. The van der Waals surface area contributed by atoms with Crippen LogP contribution in [-0.4, -0.2) is 0 Å². The van der Waals surface area contributed by atoms with E-state index in [0.717, 1.165) is 0 Å². The standard InChI is InChI=1S/C20H38/c1-14(2)15(3,4)16(5,6)20(13)18(9,10)17(7,8)19(20,11)12/h1H2,2-13H3. The normalized spacial score (nSPS) is 26.8.